The molecule has 0 saturated carbocycles. The molecule has 6 nitrogen and oxygen atoms in total. The van der Waals surface area contributed by atoms with Crippen molar-refractivity contribution in [2.75, 3.05) is 33.9 Å². The molecule has 6 heteroatoms. The summed E-state index contributed by atoms with van der Waals surface area (Å²) in [5.41, 5.74) is 1.56. The van der Waals surface area contributed by atoms with E-state index in [0.717, 1.165) is 5.56 Å². The molecule has 1 aliphatic heterocycles. The Morgan fingerprint density at radius 2 is 1.96 bits per heavy atom. The highest BCUT2D eigenvalue weighted by molar-refractivity contribution is 5.78. The fraction of sp³-hybridized carbons (Fsp3) is 0.350. The highest BCUT2D eigenvalue weighted by atomic mass is 16.6. The Morgan fingerprint density at radius 1 is 1.19 bits per heavy atom. The Bertz CT molecular complexity index is 777. The molecule has 0 bridgehead atoms. The minimum absolute atomic E-state index is 0.0800. The third kappa shape index (κ3) is 4.26. The topological polar surface area (TPSA) is 68.2 Å². The van der Waals surface area contributed by atoms with Crippen molar-refractivity contribution in [2.24, 2.45) is 0 Å². The molecule has 0 aromatic heterocycles. The first-order valence-corrected chi connectivity index (χ1v) is 8.51. The number of benzene rings is 2. The maximum atomic E-state index is 12.5. The monoisotopic (exact) mass is 357 g/mol. The van der Waals surface area contributed by atoms with Gasteiger partial charge in [-0.05, 0) is 35.4 Å². The lowest BCUT2D eigenvalue weighted by atomic mass is 10.1. The minimum atomic E-state index is -0.778. The Morgan fingerprint density at radius 3 is 2.73 bits per heavy atom. The molecule has 0 fully saturated rings. The summed E-state index contributed by atoms with van der Waals surface area (Å²) in [6.45, 7) is 1.25. The van der Waals surface area contributed by atoms with Crippen molar-refractivity contribution in [1.29, 1.82) is 0 Å². The van der Waals surface area contributed by atoms with Gasteiger partial charge in [0.15, 0.2) is 11.5 Å². The maximum absolute atomic E-state index is 12.5. The van der Waals surface area contributed by atoms with Crippen molar-refractivity contribution in [3.05, 3.63) is 53.6 Å². The smallest absolute Gasteiger partial charge is 0.226 e. The van der Waals surface area contributed by atoms with Gasteiger partial charge in [-0.2, -0.15) is 0 Å². The lowest BCUT2D eigenvalue weighted by Crippen LogP contribution is -2.32. The predicted octanol–water partition coefficient (Wildman–Crippen LogP) is 2.20. The highest BCUT2D eigenvalue weighted by Gasteiger charge is 2.18. The van der Waals surface area contributed by atoms with Crippen LogP contribution in [0.2, 0.25) is 0 Å². The van der Waals surface area contributed by atoms with Crippen molar-refractivity contribution < 1.29 is 24.1 Å². The fourth-order valence-electron chi connectivity index (χ4n) is 2.82. The van der Waals surface area contributed by atoms with E-state index in [0.29, 0.717) is 36.0 Å². The van der Waals surface area contributed by atoms with Crippen LogP contribution in [0.15, 0.2) is 42.5 Å². The largest absolute Gasteiger partial charge is 0.497 e. The molecule has 0 saturated heterocycles. The van der Waals surface area contributed by atoms with Gasteiger partial charge in [-0.1, -0.05) is 18.2 Å². The molecule has 1 unspecified atom stereocenters. The average molecular weight is 357 g/mol. The minimum Gasteiger partial charge on any atom is -0.497 e. The van der Waals surface area contributed by atoms with Crippen molar-refractivity contribution in [3.63, 3.8) is 0 Å². The first-order chi connectivity index (χ1) is 12.6. The zero-order chi connectivity index (χ0) is 18.5. The molecule has 1 heterocycles. The molecule has 26 heavy (non-hydrogen) atoms. The molecule has 2 aromatic carbocycles. The Hall–Kier alpha value is -2.73. The third-order valence-electron chi connectivity index (χ3n) is 4.31. The van der Waals surface area contributed by atoms with Crippen LogP contribution in [0, 0.1) is 0 Å². The van der Waals surface area contributed by atoms with Gasteiger partial charge in [0.1, 0.15) is 19.0 Å². The molecule has 1 aliphatic rings. The van der Waals surface area contributed by atoms with Crippen molar-refractivity contribution in [3.8, 4) is 17.2 Å². The van der Waals surface area contributed by atoms with Gasteiger partial charge in [-0.25, -0.2) is 0 Å². The summed E-state index contributed by atoms with van der Waals surface area (Å²) in [5.74, 6) is 1.96. The number of methoxy groups -OCH3 is 1. The van der Waals surface area contributed by atoms with E-state index in [2.05, 4.69) is 0 Å². The normalized spacial score (nSPS) is 13.8. The molecule has 1 amide bonds. The standard InChI is InChI=1S/C20H23NO5/c1-21(13-17(22)15-4-3-5-16(12-15)24-2)20(23)11-14-6-7-18-19(10-14)26-9-8-25-18/h3-7,10,12,17,22H,8-9,11,13H2,1-2H3. The van der Waals surface area contributed by atoms with Crippen LogP contribution in [0.1, 0.15) is 17.2 Å². The van der Waals surface area contributed by atoms with Gasteiger partial charge in [0, 0.05) is 7.05 Å². The molecule has 1 atom stereocenters. The lowest BCUT2D eigenvalue weighted by Gasteiger charge is -2.22. The average Bonchev–Trinajstić information content (AvgIpc) is 2.67. The molecule has 138 valence electrons. The number of fused-ring (bicyclic) bond motifs is 1. The van der Waals surface area contributed by atoms with Gasteiger partial charge < -0.3 is 24.2 Å². The maximum Gasteiger partial charge on any atom is 0.226 e. The number of carbonyl (C=O) groups excluding carboxylic acids is 1. The van der Waals surface area contributed by atoms with Gasteiger partial charge in [-0.3, -0.25) is 4.79 Å². The summed E-state index contributed by atoms with van der Waals surface area (Å²) in [6.07, 6.45) is -0.544. The van der Waals surface area contributed by atoms with E-state index < -0.39 is 6.10 Å². The molecule has 3 rings (SSSR count). The van der Waals surface area contributed by atoms with E-state index in [1.807, 2.05) is 36.4 Å². The quantitative estimate of drug-likeness (QED) is 0.858. The van der Waals surface area contributed by atoms with Gasteiger partial charge >= 0.3 is 0 Å². The molecule has 1 N–H and O–H groups in total. The number of aliphatic hydroxyl groups is 1. The summed E-state index contributed by atoms with van der Waals surface area (Å²) in [5, 5.41) is 10.4. The third-order valence-corrected chi connectivity index (χ3v) is 4.31. The zero-order valence-electron chi connectivity index (χ0n) is 15.0. The van der Waals surface area contributed by atoms with Crippen LogP contribution >= 0.6 is 0 Å². The van der Waals surface area contributed by atoms with Gasteiger partial charge in [-0.15, -0.1) is 0 Å². The summed E-state index contributed by atoms with van der Waals surface area (Å²) < 4.78 is 16.2. The van der Waals surface area contributed by atoms with E-state index in [1.165, 1.54) is 4.90 Å². The first-order valence-electron chi connectivity index (χ1n) is 8.51. The lowest BCUT2D eigenvalue weighted by molar-refractivity contribution is -0.130. The number of likely N-dealkylation sites (N-methyl/N-ethyl adjacent to an activating group) is 1. The van der Waals surface area contributed by atoms with E-state index in [-0.39, 0.29) is 18.9 Å². The van der Waals surface area contributed by atoms with E-state index in [4.69, 9.17) is 14.2 Å². The number of amides is 1. The fourth-order valence-corrected chi connectivity index (χ4v) is 2.82. The predicted molar refractivity (Wildman–Crippen MR) is 96.7 cm³/mol. The number of aliphatic hydroxyl groups excluding tert-OH is 1. The summed E-state index contributed by atoms with van der Waals surface area (Å²) in [4.78, 5) is 14.0. The Balaban J connectivity index is 1.60. The Kier molecular flexibility index (Phi) is 5.63. The number of rotatable bonds is 6. The second kappa shape index (κ2) is 8.10. The summed E-state index contributed by atoms with van der Waals surface area (Å²) >= 11 is 0. The second-order valence-electron chi connectivity index (χ2n) is 6.22. The molecule has 2 aromatic rings. The Labute approximate surface area is 152 Å². The van der Waals surface area contributed by atoms with E-state index >= 15 is 0 Å². The molecule has 0 radical (unpaired) electrons. The summed E-state index contributed by atoms with van der Waals surface area (Å²) in [7, 11) is 3.26. The van der Waals surface area contributed by atoms with Crippen LogP contribution in [0.5, 0.6) is 17.2 Å². The number of hydrogen-bond acceptors (Lipinski definition) is 5. The number of hydrogen-bond donors (Lipinski definition) is 1. The number of ether oxygens (including phenoxy) is 3. The van der Waals surface area contributed by atoms with Crippen molar-refractivity contribution in [2.45, 2.75) is 12.5 Å². The number of nitrogens with zero attached hydrogens (tertiary/aromatic N) is 1. The molecule has 0 aliphatic carbocycles. The molecular formula is C20H23NO5. The van der Waals surface area contributed by atoms with Crippen LogP contribution < -0.4 is 14.2 Å². The van der Waals surface area contributed by atoms with E-state index in [9.17, 15) is 9.90 Å². The van der Waals surface area contributed by atoms with Crippen LogP contribution in [-0.4, -0.2) is 49.8 Å². The van der Waals surface area contributed by atoms with Gasteiger partial charge in [0.25, 0.3) is 0 Å². The number of carbonyl (C=O) groups is 1. The first kappa shape index (κ1) is 18.1. The zero-order valence-corrected chi connectivity index (χ0v) is 15.0. The van der Waals surface area contributed by atoms with Crippen LogP contribution in [0.3, 0.4) is 0 Å². The van der Waals surface area contributed by atoms with Crippen molar-refractivity contribution >= 4 is 5.91 Å². The van der Waals surface area contributed by atoms with Crippen LogP contribution in [-0.2, 0) is 11.2 Å². The van der Waals surface area contributed by atoms with Crippen LogP contribution in [0.4, 0.5) is 0 Å². The molecule has 0 spiro atoms. The second-order valence-corrected chi connectivity index (χ2v) is 6.22. The van der Waals surface area contributed by atoms with Crippen molar-refractivity contribution in [1.82, 2.24) is 4.90 Å². The van der Waals surface area contributed by atoms with Gasteiger partial charge in [0.2, 0.25) is 5.91 Å². The van der Waals surface area contributed by atoms with Crippen LogP contribution in [0.25, 0.3) is 0 Å². The highest BCUT2D eigenvalue weighted by Crippen LogP contribution is 2.31. The SMILES string of the molecule is COc1cccc(C(O)CN(C)C(=O)Cc2ccc3c(c2)OCCO3)c1. The molecular weight excluding hydrogens is 334 g/mol. The van der Waals surface area contributed by atoms with Gasteiger partial charge in [0.05, 0.1) is 26.2 Å². The summed E-state index contributed by atoms with van der Waals surface area (Å²) in [6, 6.07) is 12.7. The van der Waals surface area contributed by atoms with E-state index in [1.54, 1.807) is 20.2 Å².